The fourth-order valence-electron chi connectivity index (χ4n) is 1.51. The molecule has 1 saturated heterocycles. The van der Waals surface area contributed by atoms with E-state index in [0.29, 0.717) is 12.3 Å². The van der Waals surface area contributed by atoms with E-state index >= 15 is 0 Å². The lowest BCUT2D eigenvalue weighted by Crippen LogP contribution is -2.53. The van der Waals surface area contributed by atoms with Crippen molar-refractivity contribution in [2.75, 3.05) is 12.8 Å². The second kappa shape index (κ2) is 4.35. The number of hydrogen-bond acceptors (Lipinski definition) is 3. The SMILES string of the molecule is CS(=O)(=O)N1CCC1Oc1ccc(Br)cc1. The van der Waals surface area contributed by atoms with Gasteiger partial charge < -0.3 is 4.74 Å². The average molecular weight is 306 g/mol. The van der Waals surface area contributed by atoms with Crippen molar-refractivity contribution in [2.24, 2.45) is 0 Å². The molecule has 4 nitrogen and oxygen atoms in total. The maximum Gasteiger partial charge on any atom is 0.214 e. The minimum absolute atomic E-state index is 0.351. The monoisotopic (exact) mass is 305 g/mol. The van der Waals surface area contributed by atoms with Crippen molar-refractivity contribution in [2.45, 2.75) is 12.6 Å². The molecule has 88 valence electrons. The second-order valence-corrected chi connectivity index (χ2v) is 6.54. The molecule has 0 saturated carbocycles. The highest BCUT2D eigenvalue weighted by molar-refractivity contribution is 9.10. The molecule has 1 aromatic carbocycles. The van der Waals surface area contributed by atoms with Crippen LogP contribution in [0.5, 0.6) is 5.75 Å². The minimum atomic E-state index is -3.14. The molecule has 1 unspecified atom stereocenters. The van der Waals surface area contributed by atoms with Crippen LogP contribution in [0, 0.1) is 0 Å². The molecule has 6 heteroatoms. The van der Waals surface area contributed by atoms with E-state index in [-0.39, 0.29) is 6.23 Å². The van der Waals surface area contributed by atoms with Gasteiger partial charge in [-0.3, -0.25) is 0 Å². The van der Waals surface area contributed by atoms with Crippen LogP contribution in [0.15, 0.2) is 28.7 Å². The van der Waals surface area contributed by atoms with E-state index < -0.39 is 10.0 Å². The van der Waals surface area contributed by atoms with Gasteiger partial charge >= 0.3 is 0 Å². The van der Waals surface area contributed by atoms with E-state index in [1.807, 2.05) is 24.3 Å². The van der Waals surface area contributed by atoms with Gasteiger partial charge in [-0.1, -0.05) is 15.9 Å². The predicted octanol–water partition coefficient (Wildman–Crippen LogP) is 1.82. The highest BCUT2D eigenvalue weighted by Crippen LogP contribution is 2.25. The first-order valence-corrected chi connectivity index (χ1v) is 7.50. The molecule has 0 spiro atoms. The van der Waals surface area contributed by atoms with Gasteiger partial charge in [0.25, 0.3) is 0 Å². The number of benzene rings is 1. The van der Waals surface area contributed by atoms with Gasteiger partial charge in [-0.25, -0.2) is 8.42 Å². The van der Waals surface area contributed by atoms with Crippen molar-refractivity contribution >= 4 is 26.0 Å². The number of nitrogens with zero attached hydrogens (tertiary/aromatic N) is 1. The van der Waals surface area contributed by atoms with Gasteiger partial charge in [0.05, 0.1) is 6.26 Å². The Kier molecular flexibility index (Phi) is 3.23. The molecule has 0 amide bonds. The number of halogens is 1. The van der Waals surface area contributed by atoms with E-state index in [1.54, 1.807) is 0 Å². The summed E-state index contributed by atoms with van der Waals surface area (Å²) in [6.07, 6.45) is 1.59. The Labute approximate surface area is 103 Å². The van der Waals surface area contributed by atoms with Gasteiger partial charge in [0.2, 0.25) is 10.0 Å². The number of ether oxygens (including phenoxy) is 1. The van der Waals surface area contributed by atoms with Crippen LogP contribution in [0.3, 0.4) is 0 Å². The standard InChI is InChI=1S/C10H12BrNO3S/c1-16(13,14)12-7-6-10(12)15-9-4-2-8(11)3-5-9/h2-5,10H,6-7H2,1H3. The lowest BCUT2D eigenvalue weighted by molar-refractivity contribution is 0.0101. The summed E-state index contributed by atoms with van der Waals surface area (Å²) >= 11 is 3.32. The molecule has 1 aliphatic rings. The summed E-state index contributed by atoms with van der Waals surface area (Å²) in [5.41, 5.74) is 0. The molecular formula is C10H12BrNO3S. The molecule has 1 aliphatic heterocycles. The van der Waals surface area contributed by atoms with Gasteiger partial charge in [0.15, 0.2) is 6.23 Å². The Morgan fingerprint density at radius 2 is 2.00 bits per heavy atom. The average Bonchev–Trinajstić information content (AvgIpc) is 2.12. The maximum absolute atomic E-state index is 11.3. The van der Waals surface area contributed by atoms with E-state index in [1.165, 1.54) is 10.6 Å². The van der Waals surface area contributed by atoms with Crippen molar-refractivity contribution in [3.05, 3.63) is 28.7 Å². The number of rotatable bonds is 3. The minimum Gasteiger partial charge on any atom is -0.474 e. The Morgan fingerprint density at radius 3 is 2.44 bits per heavy atom. The van der Waals surface area contributed by atoms with Gasteiger partial charge in [0, 0.05) is 17.4 Å². The van der Waals surface area contributed by atoms with Gasteiger partial charge in [-0.15, -0.1) is 0 Å². The van der Waals surface area contributed by atoms with Crippen molar-refractivity contribution < 1.29 is 13.2 Å². The van der Waals surface area contributed by atoms with Crippen LogP contribution in [0.1, 0.15) is 6.42 Å². The number of sulfonamides is 1. The molecule has 1 fully saturated rings. The zero-order chi connectivity index (χ0) is 11.8. The highest BCUT2D eigenvalue weighted by Gasteiger charge is 2.36. The summed E-state index contributed by atoms with van der Waals surface area (Å²) in [7, 11) is -3.14. The van der Waals surface area contributed by atoms with Gasteiger partial charge in [-0.05, 0) is 24.3 Å². The Balaban J connectivity index is 2.04. The molecule has 0 radical (unpaired) electrons. The van der Waals surface area contributed by atoms with Crippen LogP contribution in [0.4, 0.5) is 0 Å². The normalized spacial score (nSPS) is 21.5. The largest absolute Gasteiger partial charge is 0.474 e. The van der Waals surface area contributed by atoms with Crippen LogP contribution >= 0.6 is 15.9 Å². The number of hydrogen-bond donors (Lipinski definition) is 0. The Hall–Kier alpha value is -0.590. The summed E-state index contributed by atoms with van der Waals surface area (Å²) in [4.78, 5) is 0. The summed E-state index contributed by atoms with van der Waals surface area (Å²) in [6, 6.07) is 7.34. The van der Waals surface area contributed by atoms with Crippen LogP contribution in [-0.4, -0.2) is 31.8 Å². The van der Waals surface area contributed by atoms with E-state index in [9.17, 15) is 8.42 Å². The van der Waals surface area contributed by atoms with E-state index in [2.05, 4.69) is 15.9 Å². The highest BCUT2D eigenvalue weighted by atomic mass is 79.9. The molecule has 1 atom stereocenters. The quantitative estimate of drug-likeness (QED) is 0.856. The Bertz CT molecular complexity index is 471. The fourth-order valence-corrected chi connectivity index (χ4v) is 2.78. The first-order valence-electron chi connectivity index (χ1n) is 4.86. The first-order chi connectivity index (χ1) is 7.47. The third-order valence-corrected chi connectivity index (χ3v) is 4.23. The molecule has 1 aromatic rings. The molecule has 0 aromatic heterocycles. The third kappa shape index (κ3) is 2.56. The fraction of sp³-hybridized carbons (Fsp3) is 0.400. The molecule has 2 rings (SSSR count). The molecule has 0 bridgehead atoms. The molecule has 1 heterocycles. The molecular weight excluding hydrogens is 294 g/mol. The third-order valence-electron chi connectivity index (χ3n) is 2.43. The van der Waals surface area contributed by atoms with Gasteiger partial charge in [0.1, 0.15) is 5.75 Å². The van der Waals surface area contributed by atoms with Crippen LogP contribution < -0.4 is 4.74 Å². The zero-order valence-electron chi connectivity index (χ0n) is 8.76. The summed E-state index contributed by atoms with van der Waals surface area (Å²) in [5, 5.41) is 0. The summed E-state index contributed by atoms with van der Waals surface area (Å²) < 4.78 is 30.5. The topological polar surface area (TPSA) is 46.6 Å². The lowest BCUT2D eigenvalue weighted by atomic mass is 10.2. The predicted molar refractivity (Wildman–Crippen MR) is 64.7 cm³/mol. The maximum atomic E-state index is 11.3. The lowest BCUT2D eigenvalue weighted by Gasteiger charge is -2.38. The summed E-state index contributed by atoms with van der Waals surface area (Å²) in [5.74, 6) is 0.682. The van der Waals surface area contributed by atoms with Crippen LogP contribution in [-0.2, 0) is 10.0 Å². The van der Waals surface area contributed by atoms with Gasteiger partial charge in [-0.2, -0.15) is 4.31 Å². The first kappa shape index (κ1) is 11.9. The zero-order valence-corrected chi connectivity index (χ0v) is 11.2. The molecule has 16 heavy (non-hydrogen) atoms. The van der Waals surface area contributed by atoms with Crippen LogP contribution in [0.25, 0.3) is 0 Å². The van der Waals surface area contributed by atoms with Crippen LogP contribution in [0.2, 0.25) is 0 Å². The summed E-state index contributed by atoms with van der Waals surface area (Å²) in [6.45, 7) is 0.542. The molecule has 0 aliphatic carbocycles. The van der Waals surface area contributed by atoms with Crippen molar-refractivity contribution in [1.82, 2.24) is 4.31 Å². The molecule has 0 N–H and O–H groups in total. The smallest absolute Gasteiger partial charge is 0.214 e. The van der Waals surface area contributed by atoms with E-state index in [4.69, 9.17) is 4.74 Å². The second-order valence-electron chi connectivity index (χ2n) is 3.69. The van der Waals surface area contributed by atoms with Crippen molar-refractivity contribution in [1.29, 1.82) is 0 Å². The Morgan fingerprint density at radius 1 is 1.38 bits per heavy atom. The van der Waals surface area contributed by atoms with Crippen molar-refractivity contribution in [3.8, 4) is 5.75 Å². The van der Waals surface area contributed by atoms with E-state index in [0.717, 1.165) is 10.9 Å². The van der Waals surface area contributed by atoms with Crippen molar-refractivity contribution in [3.63, 3.8) is 0 Å².